The van der Waals surface area contributed by atoms with E-state index in [0.717, 1.165) is 16.5 Å². The largest absolute Gasteiger partial charge is 0.396 e. The van der Waals surface area contributed by atoms with Gasteiger partial charge in [-0.25, -0.2) is 4.79 Å². The van der Waals surface area contributed by atoms with Crippen LogP contribution >= 0.6 is 0 Å². The second-order valence-electron chi connectivity index (χ2n) is 4.65. The molecule has 2 aromatic rings. The number of hydrogen-bond acceptors (Lipinski definition) is 2. The van der Waals surface area contributed by atoms with Crippen LogP contribution in [0.2, 0.25) is 0 Å². The van der Waals surface area contributed by atoms with E-state index in [1.165, 1.54) is 0 Å². The molecule has 0 aromatic heterocycles. The average molecular weight is 258 g/mol. The monoisotopic (exact) mass is 258 g/mol. The van der Waals surface area contributed by atoms with Gasteiger partial charge in [0.15, 0.2) is 0 Å². The molecule has 4 nitrogen and oxygen atoms in total. The molecule has 100 valence electrons. The highest BCUT2D eigenvalue weighted by atomic mass is 16.3. The molecule has 3 N–H and O–H groups in total. The second kappa shape index (κ2) is 6.20. The van der Waals surface area contributed by atoms with Crippen LogP contribution < -0.4 is 10.6 Å². The minimum absolute atomic E-state index is 0.0540. The highest BCUT2D eigenvalue weighted by Gasteiger charge is 2.06. The fraction of sp³-hybridized carbons (Fsp3) is 0.267. The number of carbonyl (C=O) groups is 1. The SMILES string of the molecule is CC(CO)CNC(=O)Nc1cccc2ccccc12. The lowest BCUT2D eigenvalue weighted by molar-refractivity contribution is 0.227. The van der Waals surface area contributed by atoms with E-state index in [2.05, 4.69) is 10.6 Å². The molecule has 4 heteroatoms. The molecule has 0 bridgehead atoms. The summed E-state index contributed by atoms with van der Waals surface area (Å²) >= 11 is 0. The Labute approximate surface area is 112 Å². The Morgan fingerprint density at radius 3 is 2.74 bits per heavy atom. The molecule has 0 aliphatic carbocycles. The van der Waals surface area contributed by atoms with Gasteiger partial charge in [0.1, 0.15) is 0 Å². The van der Waals surface area contributed by atoms with E-state index >= 15 is 0 Å². The molecule has 1 atom stereocenters. The Morgan fingerprint density at radius 1 is 1.21 bits per heavy atom. The smallest absolute Gasteiger partial charge is 0.319 e. The third-order valence-corrected chi connectivity index (χ3v) is 2.96. The first kappa shape index (κ1) is 13.4. The third kappa shape index (κ3) is 3.45. The molecule has 0 aliphatic rings. The highest BCUT2D eigenvalue weighted by Crippen LogP contribution is 2.22. The number of aliphatic hydroxyl groups is 1. The molecule has 2 amide bonds. The summed E-state index contributed by atoms with van der Waals surface area (Å²) in [5.41, 5.74) is 0.784. The van der Waals surface area contributed by atoms with Crippen molar-refractivity contribution in [2.45, 2.75) is 6.92 Å². The molecule has 2 rings (SSSR count). The topological polar surface area (TPSA) is 61.4 Å². The molecule has 0 fully saturated rings. The third-order valence-electron chi connectivity index (χ3n) is 2.96. The molecular formula is C15H18N2O2. The van der Waals surface area contributed by atoms with Gasteiger partial charge in [-0.15, -0.1) is 0 Å². The van der Waals surface area contributed by atoms with E-state index in [-0.39, 0.29) is 18.6 Å². The maximum absolute atomic E-state index is 11.8. The van der Waals surface area contributed by atoms with Gasteiger partial charge in [0.05, 0.1) is 5.69 Å². The quantitative estimate of drug-likeness (QED) is 0.789. The van der Waals surface area contributed by atoms with Crippen molar-refractivity contribution in [1.29, 1.82) is 0 Å². The summed E-state index contributed by atoms with van der Waals surface area (Å²) in [6, 6.07) is 13.4. The van der Waals surface area contributed by atoms with Crippen LogP contribution in [0, 0.1) is 5.92 Å². The summed E-state index contributed by atoms with van der Waals surface area (Å²) in [6.07, 6.45) is 0. The second-order valence-corrected chi connectivity index (χ2v) is 4.65. The van der Waals surface area contributed by atoms with Gasteiger partial charge in [-0.2, -0.15) is 0 Å². The van der Waals surface area contributed by atoms with Crippen LogP contribution in [0.5, 0.6) is 0 Å². The fourth-order valence-corrected chi connectivity index (χ4v) is 1.83. The van der Waals surface area contributed by atoms with Gasteiger partial charge in [0, 0.05) is 18.5 Å². The van der Waals surface area contributed by atoms with Gasteiger partial charge in [0.25, 0.3) is 0 Å². The Balaban J connectivity index is 2.07. The van der Waals surface area contributed by atoms with Crippen molar-refractivity contribution in [3.8, 4) is 0 Å². The summed E-state index contributed by atoms with van der Waals surface area (Å²) < 4.78 is 0. The van der Waals surface area contributed by atoms with E-state index < -0.39 is 0 Å². The molecule has 0 aliphatic heterocycles. The number of aliphatic hydroxyl groups excluding tert-OH is 1. The number of hydrogen-bond donors (Lipinski definition) is 3. The van der Waals surface area contributed by atoms with Crippen molar-refractivity contribution in [2.24, 2.45) is 5.92 Å². The van der Waals surface area contributed by atoms with Gasteiger partial charge < -0.3 is 15.7 Å². The Hall–Kier alpha value is -2.07. The van der Waals surface area contributed by atoms with Crippen molar-refractivity contribution in [2.75, 3.05) is 18.5 Å². The zero-order valence-corrected chi connectivity index (χ0v) is 10.9. The Morgan fingerprint density at radius 2 is 1.95 bits per heavy atom. The molecule has 0 radical (unpaired) electrons. The van der Waals surface area contributed by atoms with Crippen LogP contribution in [0.3, 0.4) is 0 Å². The van der Waals surface area contributed by atoms with Crippen LogP contribution in [0.25, 0.3) is 10.8 Å². The number of nitrogens with one attached hydrogen (secondary N) is 2. The fourth-order valence-electron chi connectivity index (χ4n) is 1.83. The van der Waals surface area contributed by atoms with Gasteiger partial charge in [-0.1, -0.05) is 43.3 Å². The number of fused-ring (bicyclic) bond motifs is 1. The lowest BCUT2D eigenvalue weighted by Gasteiger charge is -2.12. The molecule has 2 aromatic carbocycles. The zero-order chi connectivity index (χ0) is 13.7. The zero-order valence-electron chi connectivity index (χ0n) is 10.9. The van der Waals surface area contributed by atoms with E-state index in [9.17, 15) is 4.79 Å². The van der Waals surface area contributed by atoms with Crippen LogP contribution in [0.4, 0.5) is 10.5 Å². The molecule has 0 saturated heterocycles. The van der Waals surface area contributed by atoms with Gasteiger partial charge in [-0.3, -0.25) is 0 Å². The first-order chi connectivity index (χ1) is 9.20. The number of rotatable bonds is 4. The summed E-state index contributed by atoms with van der Waals surface area (Å²) in [5.74, 6) is 0.0540. The molecule has 0 saturated carbocycles. The first-order valence-corrected chi connectivity index (χ1v) is 6.34. The lowest BCUT2D eigenvalue weighted by Crippen LogP contribution is -2.33. The van der Waals surface area contributed by atoms with E-state index in [1.807, 2.05) is 49.4 Å². The predicted octanol–water partition coefficient (Wildman–Crippen LogP) is 2.59. The Bertz CT molecular complexity index is 564. The summed E-state index contributed by atoms with van der Waals surface area (Å²) in [6.45, 7) is 2.39. The normalized spacial score (nSPS) is 12.1. The highest BCUT2D eigenvalue weighted by molar-refractivity contribution is 6.01. The molecule has 0 spiro atoms. The maximum atomic E-state index is 11.8. The summed E-state index contributed by atoms with van der Waals surface area (Å²) in [4.78, 5) is 11.8. The number of benzene rings is 2. The molecule has 1 unspecified atom stereocenters. The van der Waals surface area contributed by atoms with Crippen LogP contribution in [0.1, 0.15) is 6.92 Å². The van der Waals surface area contributed by atoms with E-state index in [0.29, 0.717) is 6.54 Å². The van der Waals surface area contributed by atoms with Gasteiger partial charge in [-0.05, 0) is 17.4 Å². The minimum atomic E-state index is -0.253. The van der Waals surface area contributed by atoms with Gasteiger partial charge >= 0.3 is 6.03 Å². The first-order valence-electron chi connectivity index (χ1n) is 6.34. The number of urea groups is 1. The molecular weight excluding hydrogens is 240 g/mol. The van der Waals surface area contributed by atoms with E-state index in [4.69, 9.17) is 5.11 Å². The van der Waals surface area contributed by atoms with Crippen molar-refractivity contribution in [3.63, 3.8) is 0 Å². The number of amides is 2. The van der Waals surface area contributed by atoms with E-state index in [1.54, 1.807) is 0 Å². The van der Waals surface area contributed by atoms with Crippen molar-refractivity contribution >= 4 is 22.5 Å². The minimum Gasteiger partial charge on any atom is -0.396 e. The van der Waals surface area contributed by atoms with Gasteiger partial charge in [0.2, 0.25) is 0 Å². The standard InChI is InChI=1S/C15H18N2O2/c1-11(10-18)9-16-15(19)17-14-8-4-6-12-5-2-3-7-13(12)14/h2-8,11,18H,9-10H2,1H3,(H2,16,17,19). The van der Waals surface area contributed by atoms with Crippen molar-refractivity contribution in [3.05, 3.63) is 42.5 Å². The summed E-state index contributed by atoms with van der Waals surface area (Å²) in [7, 11) is 0. The average Bonchev–Trinajstić information content (AvgIpc) is 2.45. The maximum Gasteiger partial charge on any atom is 0.319 e. The predicted molar refractivity (Wildman–Crippen MR) is 77.2 cm³/mol. The van der Waals surface area contributed by atoms with Crippen molar-refractivity contribution < 1.29 is 9.90 Å². The van der Waals surface area contributed by atoms with Crippen LogP contribution in [-0.2, 0) is 0 Å². The lowest BCUT2D eigenvalue weighted by atomic mass is 10.1. The summed E-state index contributed by atoms with van der Waals surface area (Å²) in [5, 5.41) is 16.6. The van der Waals surface area contributed by atoms with Crippen molar-refractivity contribution in [1.82, 2.24) is 5.32 Å². The number of anilines is 1. The number of carbonyl (C=O) groups excluding carboxylic acids is 1. The molecule has 19 heavy (non-hydrogen) atoms. The molecule has 0 heterocycles. The Kier molecular flexibility index (Phi) is 4.36. The van der Waals surface area contributed by atoms with Crippen LogP contribution in [0.15, 0.2) is 42.5 Å². The van der Waals surface area contributed by atoms with Crippen LogP contribution in [-0.4, -0.2) is 24.3 Å².